The Hall–Kier alpha value is -2.79. The summed E-state index contributed by atoms with van der Waals surface area (Å²) in [6, 6.07) is 2.02. The minimum atomic E-state index is -4.59. The molecule has 31 heavy (non-hydrogen) atoms. The first-order valence-corrected chi connectivity index (χ1v) is 9.50. The zero-order valence-electron chi connectivity index (χ0n) is 16.1. The average molecular weight is 451 g/mol. The van der Waals surface area contributed by atoms with Gasteiger partial charge in [-0.3, -0.25) is 14.4 Å². The smallest absolute Gasteiger partial charge is 0.344 e. The summed E-state index contributed by atoms with van der Waals surface area (Å²) in [4.78, 5) is 39.7. The molecule has 2 aliphatic heterocycles. The highest BCUT2D eigenvalue weighted by atomic mass is 19.4. The minimum Gasteiger partial charge on any atom is -0.344 e. The fourth-order valence-corrected chi connectivity index (χ4v) is 3.65. The number of carbonyl (C=O) groups is 3. The van der Waals surface area contributed by atoms with E-state index in [9.17, 15) is 40.7 Å². The van der Waals surface area contributed by atoms with Crippen molar-refractivity contribution in [1.29, 1.82) is 0 Å². The van der Waals surface area contributed by atoms with E-state index in [1.165, 1.54) is 15.9 Å². The maximum atomic E-state index is 12.8. The van der Waals surface area contributed by atoms with Gasteiger partial charge in [0.1, 0.15) is 12.0 Å². The molecule has 3 amide bonds. The third kappa shape index (κ3) is 5.10. The van der Waals surface area contributed by atoms with Crippen LogP contribution in [0.3, 0.4) is 0 Å². The number of carbonyl (C=O) groups excluding carboxylic acids is 3. The van der Waals surface area contributed by atoms with Gasteiger partial charge >= 0.3 is 12.4 Å². The molecule has 3 rings (SSSR count). The molecule has 2 aliphatic rings. The second-order valence-electron chi connectivity index (χ2n) is 7.43. The van der Waals surface area contributed by atoms with Gasteiger partial charge in [-0.2, -0.15) is 26.3 Å². The molecule has 2 saturated heterocycles. The summed E-state index contributed by atoms with van der Waals surface area (Å²) >= 11 is 0. The quantitative estimate of drug-likeness (QED) is 0.555. The largest absolute Gasteiger partial charge is 0.416 e. The molecule has 2 unspecified atom stereocenters. The number of piperazine rings is 1. The molecule has 1 aromatic carbocycles. The van der Waals surface area contributed by atoms with Gasteiger partial charge in [0.25, 0.3) is 5.91 Å². The predicted molar refractivity (Wildman–Crippen MR) is 94.6 cm³/mol. The number of nitrogens with zero attached hydrogens (tertiary/aromatic N) is 2. The summed E-state index contributed by atoms with van der Waals surface area (Å²) in [5.41, 5.74) is -1.09. The van der Waals surface area contributed by atoms with Crippen LogP contribution in [-0.2, 0) is 15.8 Å². The number of halogens is 6. The first kappa shape index (κ1) is 22.9. The number of piperidine rings is 1. The first-order chi connectivity index (χ1) is 14.4. The van der Waals surface area contributed by atoms with Crippen molar-refractivity contribution in [3.8, 4) is 0 Å². The summed E-state index contributed by atoms with van der Waals surface area (Å²) in [5.74, 6) is -3.46. The van der Waals surface area contributed by atoms with Gasteiger partial charge in [-0.1, -0.05) is 6.07 Å². The molecule has 2 heterocycles. The van der Waals surface area contributed by atoms with Crippen molar-refractivity contribution >= 4 is 17.7 Å². The van der Waals surface area contributed by atoms with Crippen LogP contribution in [0.15, 0.2) is 24.3 Å². The Balaban J connectivity index is 1.58. The van der Waals surface area contributed by atoms with Crippen molar-refractivity contribution < 1.29 is 40.7 Å². The number of hydrogen-bond acceptors (Lipinski definition) is 3. The molecular formula is C19H19F6N3O3. The van der Waals surface area contributed by atoms with Crippen molar-refractivity contribution in [1.82, 2.24) is 15.1 Å². The number of nitrogens with one attached hydrogen (secondary N) is 1. The van der Waals surface area contributed by atoms with E-state index in [1.54, 1.807) is 0 Å². The molecule has 0 saturated carbocycles. The highest BCUT2D eigenvalue weighted by molar-refractivity contribution is 6.01. The van der Waals surface area contributed by atoms with Crippen molar-refractivity contribution in [2.24, 2.45) is 5.92 Å². The Morgan fingerprint density at radius 2 is 1.55 bits per heavy atom. The molecule has 170 valence electrons. The SMILES string of the molecule is O=C1NC(C(F)(F)F)CCC1C(=O)N1CCN(C(=O)c2cccc(C(F)(F)F)c2)CC1. The van der Waals surface area contributed by atoms with Crippen molar-refractivity contribution in [2.45, 2.75) is 31.2 Å². The van der Waals surface area contributed by atoms with Crippen LogP contribution in [0.2, 0.25) is 0 Å². The summed E-state index contributed by atoms with van der Waals surface area (Å²) in [6.07, 6.45) is -9.82. The fourth-order valence-electron chi connectivity index (χ4n) is 3.65. The second-order valence-corrected chi connectivity index (χ2v) is 7.43. The molecule has 2 atom stereocenters. The van der Waals surface area contributed by atoms with Gasteiger partial charge < -0.3 is 15.1 Å². The predicted octanol–water partition coefficient (Wildman–Crippen LogP) is 2.45. The van der Waals surface area contributed by atoms with Crippen LogP contribution >= 0.6 is 0 Å². The Bertz CT molecular complexity index is 862. The van der Waals surface area contributed by atoms with E-state index in [2.05, 4.69) is 0 Å². The molecule has 12 heteroatoms. The standard InChI is InChI=1S/C19H19F6N3O3/c20-18(21,22)12-3-1-2-11(10-12)16(30)27-6-8-28(9-7-27)17(31)13-4-5-14(19(23,24)25)26-15(13)29/h1-3,10,13-14H,4-9H2,(H,26,29). The number of rotatable bonds is 2. The van der Waals surface area contributed by atoms with E-state index < -0.39 is 54.0 Å². The zero-order chi connectivity index (χ0) is 23.0. The monoisotopic (exact) mass is 451 g/mol. The fraction of sp³-hybridized carbons (Fsp3) is 0.526. The normalized spacial score (nSPS) is 22.8. The van der Waals surface area contributed by atoms with E-state index in [-0.39, 0.29) is 38.2 Å². The van der Waals surface area contributed by atoms with E-state index in [0.717, 1.165) is 18.2 Å². The van der Waals surface area contributed by atoms with Gasteiger partial charge in [-0.05, 0) is 31.0 Å². The number of amides is 3. The molecular weight excluding hydrogens is 432 g/mol. The Kier molecular flexibility index (Phi) is 6.19. The van der Waals surface area contributed by atoms with Crippen LogP contribution in [-0.4, -0.2) is 65.9 Å². The lowest BCUT2D eigenvalue weighted by molar-refractivity contribution is -0.172. The van der Waals surface area contributed by atoms with E-state index in [1.807, 2.05) is 5.32 Å². The van der Waals surface area contributed by atoms with Gasteiger partial charge in [-0.25, -0.2) is 0 Å². The molecule has 1 aromatic rings. The summed E-state index contributed by atoms with van der Waals surface area (Å²) < 4.78 is 76.8. The molecule has 1 N–H and O–H groups in total. The summed E-state index contributed by atoms with van der Waals surface area (Å²) in [7, 11) is 0. The lowest BCUT2D eigenvalue weighted by Crippen LogP contribution is -2.57. The second kappa shape index (κ2) is 8.39. The maximum absolute atomic E-state index is 12.8. The average Bonchev–Trinajstić information content (AvgIpc) is 2.71. The van der Waals surface area contributed by atoms with Gasteiger partial charge in [0.05, 0.1) is 5.56 Å². The molecule has 0 bridgehead atoms. The van der Waals surface area contributed by atoms with Gasteiger partial charge in [-0.15, -0.1) is 0 Å². The highest BCUT2D eigenvalue weighted by Gasteiger charge is 2.46. The highest BCUT2D eigenvalue weighted by Crippen LogP contribution is 2.31. The lowest BCUT2D eigenvalue weighted by Gasteiger charge is -2.38. The Morgan fingerprint density at radius 3 is 2.10 bits per heavy atom. The van der Waals surface area contributed by atoms with Crippen molar-refractivity contribution in [3.63, 3.8) is 0 Å². The summed E-state index contributed by atoms with van der Waals surface area (Å²) in [5, 5.41) is 1.82. The number of alkyl halides is 6. The molecule has 6 nitrogen and oxygen atoms in total. The zero-order valence-corrected chi connectivity index (χ0v) is 16.1. The Labute approximate surface area is 173 Å². The van der Waals surface area contributed by atoms with Crippen LogP contribution in [0.25, 0.3) is 0 Å². The molecule has 0 aromatic heterocycles. The summed E-state index contributed by atoms with van der Waals surface area (Å²) in [6.45, 7) is 0.104. The van der Waals surface area contributed by atoms with Crippen LogP contribution in [0, 0.1) is 5.92 Å². The van der Waals surface area contributed by atoms with Gasteiger partial charge in [0, 0.05) is 31.7 Å². The van der Waals surface area contributed by atoms with Crippen LogP contribution in [0.5, 0.6) is 0 Å². The van der Waals surface area contributed by atoms with Gasteiger partial charge in [0.15, 0.2) is 0 Å². The topological polar surface area (TPSA) is 69.7 Å². The molecule has 0 radical (unpaired) electrons. The number of hydrogen-bond donors (Lipinski definition) is 1. The molecule has 0 aliphatic carbocycles. The first-order valence-electron chi connectivity index (χ1n) is 9.50. The van der Waals surface area contributed by atoms with E-state index >= 15 is 0 Å². The molecule has 0 spiro atoms. The van der Waals surface area contributed by atoms with Crippen molar-refractivity contribution in [3.05, 3.63) is 35.4 Å². The lowest BCUT2D eigenvalue weighted by atomic mass is 9.92. The third-order valence-electron chi connectivity index (χ3n) is 5.39. The minimum absolute atomic E-state index is 0.0238. The van der Waals surface area contributed by atoms with Crippen LogP contribution in [0.4, 0.5) is 26.3 Å². The van der Waals surface area contributed by atoms with Gasteiger partial charge in [0.2, 0.25) is 11.8 Å². The van der Waals surface area contributed by atoms with E-state index in [4.69, 9.17) is 0 Å². The van der Waals surface area contributed by atoms with E-state index in [0.29, 0.717) is 0 Å². The third-order valence-corrected chi connectivity index (χ3v) is 5.39. The maximum Gasteiger partial charge on any atom is 0.416 e. The van der Waals surface area contributed by atoms with Crippen LogP contribution < -0.4 is 5.32 Å². The van der Waals surface area contributed by atoms with Crippen molar-refractivity contribution in [2.75, 3.05) is 26.2 Å². The molecule has 2 fully saturated rings. The Morgan fingerprint density at radius 1 is 0.935 bits per heavy atom. The van der Waals surface area contributed by atoms with Crippen LogP contribution in [0.1, 0.15) is 28.8 Å². The number of benzene rings is 1.